The quantitative estimate of drug-likeness (QED) is 0.897. The third kappa shape index (κ3) is 2.67. The summed E-state index contributed by atoms with van der Waals surface area (Å²) in [4.78, 5) is 20.8. The standard InChI is InChI=1S/C15H19N5O/c1-2-15(6-3-7-18-15)14(21)19-12-4-5-13(17-10-12)20-9-8-16-11-20/h4-5,8-11,18H,2-3,6-7H2,1H3,(H,19,21). The first-order valence-corrected chi connectivity index (χ1v) is 7.24. The first kappa shape index (κ1) is 13.8. The number of anilines is 1. The first-order valence-electron chi connectivity index (χ1n) is 7.24. The third-order valence-corrected chi connectivity index (χ3v) is 4.06. The van der Waals surface area contributed by atoms with Crippen LogP contribution in [-0.2, 0) is 4.79 Å². The van der Waals surface area contributed by atoms with Crippen LogP contribution < -0.4 is 10.6 Å². The van der Waals surface area contributed by atoms with Gasteiger partial charge in [-0.1, -0.05) is 6.92 Å². The molecule has 2 aromatic heterocycles. The molecule has 0 aliphatic carbocycles. The SMILES string of the molecule is CCC1(C(=O)Nc2ccc(-n3ccnc3)nc2)CCCN1. The largest absolute Gasteiger partial charge is 0.323 e. The fraction of sp³-hybridized carbons (Fsp3) is 0.400. The summed E-state index contributed by atoms with van der Waals surface area (Å²) in [5, 5.41) is 6.29. The van der Waals surface area contributed by atoms with Crippen molar-refractivity contribution >= 4 is 11.6 Å². The van der Waals surface area contributed by atoms with Crippen LogP contribution in [0.4, 0.5) is 5.69 Å². The van der Waals surface area contributed by atoms with Crippen molar-refractivity contribution in [3.05, 3.63) is 37.1 Å². The lowest BCUT2D eigenvalue weighted by Gasteiger charge is -2.26. The molecule has 1 fully saturated rings. The Labute approximate surface area is 123 Å². The van der Waals surface area contributed by atoms with E-state index < -0.39 is 5.54 Å². The maximum atomic E-state index is 12.5. The highest BCUT2D eigenvalue weighted by Crippen LogP contribution is 2.24. The highest BCUT2D eigenvalue weighted by Gasteiger charge is 2.39. The molecule has 3 rings (SSSR count). The zero-order valence-electron chi connectivity index (χ0n) is 12.0. The van der Waals surface area contributed by atoms with Crippen molar-refractivity contribution in [1.82, 2.24) is 19.9 Å². The lowest BCUT2D eigenvalue weighted by atomic mass is 9.93. The molecule has 2 aromatic rings. The average molecular weight is 285 g/mol. The van der Waals surface area contributed by atoms with Crippen molar-refractivity contribution < 1.29 is 4.79 Å². The van der Waals surface area contributed by atoms with Gasteiger partial charge in [0.15, 0.2) is 0 Å². The molecule has 110 valence electrons. The Bertz CT molecular complexity index is 600. The van der Waals surface area contributed by atoms with Gasteiger partial charge < -0.3 is 10.6 Å². The lowest BCUT2D eigenvalue weighted by molar-refractivity contribution is -0.122. The molecule has 2 N–H and O–H groups in total. The van der Waals surface area contributed by atoms with E-state index in [2.05, 4.69) is 20.6 Å². The van der Waals surface area contributed by atoms with Gasteiger partial charge in [0.1, 0.15) is 12.1 Å². The smallest absolute Gasteiger partial charge is 0.244 e. The molecule has 21 heavy (non-hydrogen) atoms. The van der Waals surface area contributed by atoms with E-state index in [0.29, 0.717) is 5.69 Å². The van der Waals surface area contributed by atoms with Crippen LogP contribution in [0.5, 0.6) is 0 Å². The molecule has 1 amide bonds. The maximum absolute atomic E-state index is 12.5. The van der Waals surface area contributed by atoms with Gasteiger partial charge >= 0.3 is 0 Å². The third-order valence-electron chi connectivity index (χ3n) is 4.06. The molecular weight excluding hydrogens is 266 g/mol. The number of carbonyl (C=O) groups is 1. The molecule has 0 aromatic carbocycles. The summed E-state index contributed by atoms with van der Waals surface area (Å²) >= 11 is 0. The number of aromatic nitrogens is 3. The van der Waals surface area contributed by atoms with Crippen LogP contribution >= 0.6 is 0 Å². The topological polar surface area (TPSA) is 71.8 Å². The summed E-state index contributed by atoms with van der Waals surface area (Å²) in [5.41, 5.74) is 0.286. The fourth-order valence-electron chi connectivity index (χ4n) is 2.72. The van der Waals surface area contributed by atoms with Crippen LogP contribution in [-0.4, -0.2) is 32.5 Å². The fourth-order valence-corrected chi connectivity index (χ4v) is 2.72. The Morgan fingerprint density at radius 3 is 3.00 bits per heavy atom. The van der Waals surface area contributed by atoms with E-state index in [1.54, 1.807) is 18.7 Å². The molecule has 0 radical (unpaired) electrons. The molecule has 1 aliphatic heterocycles. The number of nitrogens with zero attached hydrogens (tertiary/aromatic N) is 3. The predicted octanol–water partition coefficient (Wildman–Crippen LogP) is 1.74. The summed E-state index contributed by atoms with van der Waals surface area (Å²) < 4.78 is 1.82. The zero-order valence-corrected chi connectivity index (χ0v) is 12.0. The van der Waals surface area contributed by atoms with Crippen LogP contribution in [0.2, 0.25) is 0 Å². The van der Waals surface area contributed by atoms with Crippen molar-refractivity contribution in [3.8, 4) is 5.82 Å². The van der Waals surface area contributed by atoms with Crippen LogP contribution in [0.15, 0.2) is 37.1 Å². The number of nitrogens with one attached hydrogen (secondary N) is 2. The normalized spacial score (nSPS) is 21.4. The Balaban J connectivity index is 1.72. The van der Waals surface area contributed by atoms with E-state index in [4.69, 9.17) is 0 Å². The van der Waals surface area contributed by atoms with E-state index in [1.807, 2.05) is 29.8 Å². The number of carbonyl (C=O) groups excluding carboxylic acids is 1. The molecule has 1 saturated heterocycles. The molecule has 6 nitrogen and oxygen atoms in total. The van der Waals surface area contributed by atoms with Crippen molar-refractivity contribution in [1.29, 1.82) is 0 Å². The van der Waals surface area contributed by atoms with Gasteiger partial charge in [-0.2, -0.15) is 0 Å². The Hall–Kier alpha value is -2.21. The van der Waals surface area contributed by atoms with Crippen LogP contribution in [0.25, 0.3) is 5.82 Å². The summed E-state index contributed by atoms with van der Waals surface area (Å²) in [7, 11) is 0. The summed E-state index contributed by atoms with van der Waals surface area (Å²) in [6.07, 6.45) is 9.61. The van der Waals surface area contributed by atoms with E-state index in [1.165, 1.54) is 0 Å². The van der Waals surface area contributed by atoms with Gasteiger partial charge in [0, 0.05) is 12.4 Å². The summed E-state index contributed by atoms with van der Waals surface area (Å²) in [6, 6.07) is 3.72. The number of imidazole rings is 1. The van der Waals surface area contributed by atoms with Crippen molar-refractivity contribution in [2.75, 3.05) is 11.9 Å². The monoisotopic (exact) mass is 285 g/mol. The van der Waals surface area contributed by atoms with Gasteiger partial charge in [0.05, 0.1) is 17.4 Å². The molecule has 1 atom stereocenters. The Morgan fingerprint density at radius 2 is 2.43 bits per heavy atom. The van der Waals surface area contributed by atoms with E-state index in [0.717, 1.165) is 31.6 Å². The molecule has 0 saturated carbocycles. The highest BCUT2D eigenvalue weighted by molar-refractivity contribution is 5.98. The maximum Gasteiger partial charge on any atom is 0.244 e. The number of hydrogen-bond donors (Lipinski definition) is 2. The van der Waals surface area contributed by atoms with Gasteiger partial charge in [-0.25, -0.2) is 9.97 Å². The molecular formula is C15H19N5O. The number of pyridine rings is 1. The zero-order chi connectivity index (χ0) is 14.7. The average Bonchev–Trinajstić information content (AvgIpc) is 3.20. The van der Waals surface area contributed by atoms with E-state index in [9.17, 15) is 4.79 Å². The highest BCUT2D eigenvalue weighted by atomic mass is 16.2. The molecule has 0 bridgehead atoms. The van der Waals surface area contributed by atoms with Gasteiger partial charge in [-0.05, 0) is 37.9 Å². The van der Waals surface area contributed by atoms with Gasteiger partial charge in [-0.15, -0.1) is 0 Å². The van der Waals surface area contributed by atoms with Crippen LogP contribution in [0.3, 0.4) is 0 Å². The second-order valence-electron chi connectivity index (χ2n) is 5.30. The number of amides is 1. The Kier molecular flexibility index (Phi) is 3.70. The van der Waals surface area contributed by atoms with E-state index in [-0.39, 0.29) is 5.91 Å². The summed E-state index contributed by atoms with van der Waals surface area (Å²) in [5.74, 6) is 0.800. The first-order chi connectivity index (χ1) is 10.2. The molecule has 3 heterocycles. The summed E-state index contributed by atoms with van der Waals surface area (Å²) in [6.45, 7) is 2.94. The minimum atomic E-state index is -0.428. The van der Waals surface area contributed by atoms with Crippen LogP contribution in [0.1, 0.15) is 26.2 Å². The Morgan fingerprint density at radius 1 is 1.52 bits per heavy atom. The lowest BCUT2D eigenvalue weighted by Crippen LogP contribution is -2.50. The molecule has 6 heteroatoms. The van der Waals surface area contributed by atoms with Gasteiger partial charge in [0.2, 0.25) is 5.91 Å². The minimum absolute atomic E-state index is 0.0275. The van der Waals surface area contributed by atoms with E-state index >= 15 is 0 Å². The van der Waals surface area contributed by atoms with Gasteiger partial charge in [-0.3, -0.25) is 9.36 Å². The number of rotatable bonds is 4. The second kappa shape index (κ2) is 5.65. The predicted molar refractivity (Wildman–Crippen MR) is 80.2 cm³/mol. The molecule has 0 spiro atoms. The van der Waals surface area contributed by atoms with Crippen molar-refractivity contribution in [3.63, 3.8) is 0 Å². The van der Waals surface area contributed by atoms with Gasteiger partial charge in [0.25, 0.3) is 0 Å². The number of hydrogen-bond acceptors (Lipinski definition) is 4. The minimum Gasteiger partial charge on any atom is -0.323 e. The van der Waals surface area contributed by atoms with Crippen molar-refractivity contribution in [2.24, 2.45) is 0 Å². The molecule has 1 aliphatic rings. The molecule has 1 unspecified atom stereocenters. The van der Waals surface area contributed by atoms with Crippen LogP contribution in [0, 0.1) is 0 Å². The second-order valence-corrected chi connectivity index (χ2v) is 5.30. The van der Waals surface area contributed by atoms with Crippen molar-refractivity contribution in [2.45, 2.75) is 31.7 Å².